The van der Waals surface area contributed by atoms with Crippen molar-refractivity contribution in [2.24, 2.45) is 0 Å². The largest absolute Gasteiger partial charge is 0.453 e. The van der Waals surface area contributed by atoms with Crippen LogP contribution in [0.25, 0.3) is 0 Å². The third-order valence-electron chi connectivity index (χ3n) is 5.00. The van der Waals surface area contributed by atoms with Crippen LogP contribution in [0.2, 0.25) is 0 Å². The Morgan fingerprint density at radius 2 is 1.65 bits per heavy atom. The predicted molar refractivity (Wildman–Crippen MR) is 104 cm³/mol. The molecule has 3 heterocycles. The highest BCUT2D eigenvalue weighted by Crippen LogP contribution is 2.32. The van der Waals surface area contributed by atoms with Gasteiger partial charge in [0.05, 0.1) is 18.8 Å². The van der Waals surface area contributed by atoms with Gasteiger partial charge in [-0.3, -0.25) is 9.78 Å². The number of esters is 3. The molecule has 2 fully saturated rings. The number of rotatable bonds is 6. The molecule has 0 bridgehead atoms. The van der Waals surface area contributed by atoms with Crippen LogP contribution in [0.15, 0.2) is 48.8 Å². The zero-order valence-corrected chi connectivity index (χ0v) is 16.8. The lowest BCUT2D eigenvalue weighted by Gasteiger charge is -2.18. The highest BCUT2D eigenvalue weighted by atomic mass is 16.7. The fourth-order valence-electron chi connectivity index (χ4n) is 3.44. The van der Waals surface area contributed by atoms with Gasteiger partial charge in [-0.1, -0.05) is 19.1 Å². The Balaban J connectivity index is 1.38. The van der Waals surface area contributed by atoms with Crippen molar-refractivity contribution < 1.29 is 38.1 Å². The van der Waals surface area contributed by atoms with Crippen LogP contribution in [0.4, 0.5) is 0 Å². The monoisotopic (exact) mass is 427 g/mol. The first-order valence-electron chi connectivity index (χ1n) is 9.91. The molecule has 9 heteroatoms. The third-order valence-corrected chi connectivity index (χ3v) is 5.00. The molecule has 31 heavy (non-hydrogen) atoms. The smallest absolute Gasteiger partial charge is 0.342 e. The van der Waals surface area contributed by atoms with Crippen molar-refractivity contribution in [3.63, 3.8) is 0 Å². The SMILES string of the molecule is CCC(=O)Oc1ccccc1C(=O)O[C@H]1CO[C@@H]2C(OC(=O)c3cccnc3)CO[C@H]12. The Kier molecular flexibility index (Phi) is 6.24. The summed E-state index contributed by atoms with van der Waals surface area (Å²) < 4.78 is 27.7. The number of para-hydroxylation sites is 1. The Labute approximate surface area is 178 Å². The van der Waals surface area contributed by atoms with Crippen molar-refractivity contribution in [3.8, 4) is 5.75 Å². The second-order valence-electron chi connectivity index (χ2n) is 7.05. The minimum absolute atomic E-state index is 0.0962. The molecule has 4 atom stereocenters. The molecule has 0 N–H and O–H groups in total. The minimum atomic E-state index is -0.686. The lowest BCUT2D eigenvalue weighted by Crippen LogP contribution is -2.36. The molecule has 4 rings (SSSR count). The van der Waals surface area contributed by atoms with E-state index in [0.717, 1.165) is 0 Å². The molecule has 2 saturated heterocycles. The van der Waals surface area contributed by atoms with Crippen LogP contribution in [0.3, 0.4) is 0 Å². The Morgan fingerprint density at radius 1 is 0.968 bits per heavy atom. The van der Waals surface area contributed by atoms with E-state index in [0.29, 0.717) is 5.56 Å². The van der Waals surface area contributed by atoms with E-state index in [4.69, 9.17) is 23.7 Å². The van der Waals surface area contributed by atoms with E-state index in [2.05, 4.69) is 4.98 Å². The molecule has 9 nitrogen and oxygen atoms in total. The van der Waals surface area contributed by atoms with Crippen LogP contribution in [0.5, 0.6) is 5.75 Å². The normalized spacial score (nSPS) is 24.3. The molecule has 2 aliphatic rings. The Bertz CT molecular complexity index is 963. The van der Waals surface area contributed by atoms with Gasteiger partial charge in [0.1, 0.15) is 23.5 Å². The summed E-state index contributed by atoms with van der Waals surface area (Å²) in [6, 6.07) is 9.59. The first-order chi connectivity index (χ1) is 15.1. The van der Waals surface area contributed by atoms with Gasteiger partial charge in [-0.25, -0.2) is 9.59 Å². The van der Waals surface area contributed by atoms with Gasteiger partial charge in [0.15, 0.2) is 12.2 Å². The number of ether oxygens (including phenoxy) is 5. The van der Waals surface area contributed by atoms with Crippen molar-refractivity contribution in [2.75, 3.05) is 13.2 Å². The van der Waals surface area contributed by atoms with Crippen LogP contribution in [0.1, 0.15) is 34.1 Å². The first-order valence-corrected chi connectivity index (χ1v) is 9.91. The topological polar surface area (TPSA) is 110 Å². The fourth-order valence-corrected chi connectivity index (χ4v) is 3.44. The van der Waals surface area contributed by atoms with Crippen molar-refractivity contribution in [2.45, 2.75) is 37.8 Å². The van der Waals surface area contributed by atoms with E-state index in [1.165, 1.54) is 18.3 Å². The van der Waals surface area contributed by atoms with Crippen molar-refractivity contribution in [3.05, 3.63) is 59.9 Å². The number of pyridine rings is 1. The molecule has 162 valence electrons. The summed E-state index contributed by atoms with van der Waals surface area (Å²) in [4.78, 5) is 40.5. The standard InChI is InChI=1S/C22H21NO8/c1-2-18(24)29-15-8-4-3-7-14(15)22(26)31-17-12-28-19-16(11-27-20(17)19)30-21(25)13-6-5-9-23-10-13/h3-10,16-17,19-20H,2,11-12H2,1H3/t16?,17-,19+,20+/m0/s1. The molecule has 0 radical (unpaired) electrons. The lowest BCUT2D eigenvalue weighted by molar-refractivity contribution is -0.134. The quantitative estimate of drug-likeness (QED) is 0.504. The second kappa shape index (κ2) is 9.23. The Hall–Kier alpha value is -3.30. The average Bonchev–Trinajstić information content (AvgIpc) is 3.38. The fraction of sp³-hybridized carbons (Fsp3) is 0.364. The number of hydrogen-bond donors (Lipinski definition) is 0. The van der Waals surface area contributed by atoms with Gasteiger partial charge in [-0.15, -0.1) is 0 Å². The van der Waals surface area contributed by atoms with E-state index in [-0.39, 0.29) is 30.9 Å². The van der Waals surface area contributed by atoms with E-state index in [1.807, 2.05) is 0 Å². The van der Waals surface area contributed by atoms with E-state index in [1.54, 1.807) is 37.4 Å². The summed E-state index contributed by atoms with van der Waals surface area (Å²) >= 11 is 0. The number of hydrogen-bond acceptors (Lipinski definition) is 9. The number of fused-ring (bicyclic) bond motifs is 1. The number of carbonyl (C=O) groups is 3. The van der Waals surface area contributed by atoms with Gasteiger partial charge in [0.25, 0.3) is 0 Å². The second-order valence-corrected chi connectivity index (χ2v) is 7.05. The van der Waals surface area contributed by atoms with Gasteiger partial charge in [-0.2, -0.15) is 0 Å². The van der Waals surface area contributed by atoms with Crippen LogP contribution >= 0.6 is 0 Å². The molecular weight excluding hydrogens is 406 g/mol. The summed E-state index contributed by atoms with van der Waals surface area (Å²) in [5, 5.41) is 0. The van der Waals surface area contributed by atoms with E-state index >= 15 is 0 Å². The number of nitrogens with zero attached hydrogens (tertiary/aromatic N) is 1. The maximum Gasteiger partial charge on any atom is 0.342 e. The summed E-state index contributed by atoms with van der Waals surface area (Å²) in [7, 11) is 0. The molecule has 1 unspecified atom stereocenters. The van der Waals surface area contributed by atoms with Crippen molar-refractivity contribution in [1.29, 1.82) is 0 Å². The summed E-state index contributed by atoms with van der Waals surface area (Å²) in [5.74, 6) is -1.52. The lowest BCUT2D eigenvalue weighted by atomic mass is 10.1. The number of carbonyl (C=O) groups excluding carboxylic acids is 3. The molecule has 0 amide bonds. The van der Waals surface area contributed by atoms with Gasteiger partial charge < -0.3 is 23.7 Å². The van der Waals surface area contributed by atoms with E-state index < -0.39 is 42.3 Å². The van der Waals surface area contributed by atoms with Crippen LogP contribution in [0, 0.1) is 0 Å². The van der Waals surface area contributed by atoms with Crippen molar-refractivity contribution in [1.82, 2.24) is 4.98 Å². The molecule has 0 saturated carbocycles. The molecule has 1 aromatic heterocycles. The predicted octanol–water partition coefficient (Wildman–Crippen LogP) is 1.95. The molecule has 2 aromatic rings. The van der Waals surface area contributed by atoms with Crippen molar-refractivity contribution >= 4 is 17.9 Å². The van der Waals surface area contributed by atoms with Gasteiger partial charge >= 0.3 is 17.9 Å². The average molecular weight is 427 g/mol. The number of aromatic nitrogens is 1. The summed E-state index contributed by atoms with van der Waals surface area (Å²) in [6.07, 6.45) is 0.724. The first kappa shape index (κ1) is 21.0. The van der Waals surface area contributed by atoms with Crippen LogP contribution < -0.4 is 4.74 Å². The van der Waals surface area contributed by atoms with Gasteiger partial charge in [0.2, 0.25) is 0 Å². The number of benzene rings is 1. The summed E-state index contributed by atoms with van der Waals surface area (Å²) in [6.45, 7) is 1.88. The van der Waals surface area contributed by atoms with Gasteiger partial charge in [-0.05, 0) is 24.3 Å². The molecule has 0 spiro atoms. The zero-order valence-electron chi connectivity index (χ0n) is 16.8. The third kappa shape index (κ3) is 4.57. The Morgan fingerprint density at radius 3 is 2.29 bits per heavy atom. The minimum Gasteiger partial charge on any atom is -0.453 e. The maximum atomic E-state index is 12.7. The molecular formula is C22H21NO8. The maximum absolute atomic E-state index is 12.7. The zero-order chi connectivity index (χ0) is 21.8. The van der Waals surface area contributed by atoms with Crippen LogP contribution in [-0.2, 0) is 23.7 Å². The highest BCUT2D eigenvalue weighted by Gasteiger charge is 2.51. The summed E-state index contributed by atoms with van der Waals surface area (Å²) in [5.41, 5.74) is 0.454. The molecule has 0 aliphatic carbocycles. The molecule has 1 aromatic carbocycles. The van der Waals surface area contributed by atoms with Crippen LogP contribution in [-0.4, -0.2) is 60.5 Å². The van der Waals surface area contributed by atoms with Gasteiger partial charge in [0, 0.05) is 18.8 Å². The van der Waals surface area contributed by atoms with E-state index in [9.17, 15) is 14.4 Å². The highest BCUT2D eigenvalue weighted by molar-refractivity contribution is 5.93. The molecule has 2 aliphatic heterocycles.